The van der Waals surface area contributed by atoms with Gasteiger partial charge in [0, 0.05) is 18.0 Å². The number of para-hydroxylation sites is 1. The second-order valence-corrected chi connectivity index (χ2v) is 8.25. The Hall–Kier alpha value is -1.79. The number of hydrogen-bond donors (Lipinski definition) is 1. The van der Waals surface area contributed by atoms with Crippen LogP contribution in [0.5, 0.6) is 0 Å². The molecule has 1 amide bonds. The third kappa shape index (κ3) is 4.78. The van der Waals surface area contributed by atoms with Crippen LogP contribution in [0.15, 0.2) is 23.4 Å². The van der Waals surface area contributed by atoms with E-state index in [1.807, 2.05) is 6.92 Å². The van der Waals surface area contributed by atoms with Gasteiger partial charge in [0.05, 0.1) is 24.1 Å². The molecule has 1 aromatic heterocycles. The van der Waals surface area contributed by atoms with E-state index < -0.39 is 0 Å². The summed E-state index contributed by atoms with van der Waals surface area (Å²) in [7, 11) is 0. The number of rotatable bonds is 8. The normalized spacial score (nSPS) is 16.5. The largest absolute Gasteiger partial charge is 0.376 e. The maximum atomic E-state index is 12.7. The molecule has 1 aliphatic rings. The van der Waals surface area contributed by atoms with Crippen molar-refractivity contribution in [2.75, 3.05) is 17.7 Å². The fraction of sp³-hybridized carbons (Fsp3) is 0.545. The van der Waals surface area contributed by atoms with E-state index in [4.69, 9.17) is 4.74 Å². The minimum absolute atomic E-state index is 0.0163. The Morgan fingerprint density at radius 2 is 2.00 bits per heavy atom. The van der Waals surface area contributed by atoms with Crippen LogP contribution < -0.4 is 5.32 Å². The average Bonchev–Trinajstić information content (AvgIpc) is 3.30. The Bertz CT molecular complexity index is 803. The minimum Gasteiger partial charge on any atom is -0.376 e. The molecule has 3 rings (SSSR count). The van der Waals surface area contributed by atoms with Gasteiger partial charge >= 0.3 is 0 Å². The Morgan fingerprint density at radius 1 is 1.29 bits per heavy atom. The molecule has 2 heterocycles. The van der Waals surface area contributed by atoms with Gasteiger partial charge in [-0.25, -0.2) is 4.98 Å². The zero-order valence-electron chi connectivity index (χ0n) is 17.4. The van der Waals surface area contributed by atoms with Gasteiger partial charge in [0.25, 0.3) is 0 Å². The standard InChI is InChI=1S/C22H31N3O2S/c1-5-17-9-7-10-18(6-2)21(17)24-20(26)14-28-22-23-15(3)16(4)25(22)13-19-11-8-12-27-19/h7,9-10,19H,5-6,8,11-14H2,1-4H3,(H,24,26). The molecule has 1 fully saturated rings. The number of imidazole rings is 1. The van der Waals surface area contributed by atoms with Crippen LogP contribution in [0.25, 0.3) is 0 Å². The molecule has 152 valence electrons. The molecule has 1 saturated heterocycles. The summed E-state index contributed by atoms with van der Waals surface area (Å²) in [6.07, 6.45) is 4.28. The van der Waals surface area contributed by atoms with E-state index >= 15 is 0 Å². The van der Waals surface area contributed by atoms with Gasteiger partial charge in [-0.1, -0.05) is 43.8 Å². The average molecular weight is 402 g/mol. The highest BCUT2D eigenvalue weighted by molar-refractivity contribution is 7.99. The van der Waals surface area contributed by atoms with Crippen molar-refractivity contribution >= 4 is 23.4 Å². The van der Waals surface area contributed by atoms with Crippen LogP contribution in [0.3, 0.4) is 0 Å². The first-order chi connectivity index (χ1) is 13.5. The maximum absolute atomic E-state index is 12.7. The summed E-state index contributed by atoms with van der Waals surface area (Å²) in [5.74, 6) is 0.366. The molecule has 2 aromatic rings. The smallest absolute Gasteiger partial charge is 0.234 e. The van der Waals surface area contributed by atoms with Crippen molar-refractivity contribution in [1.82, 2.24) is 9.55 Å². The maximum Gasteiger partial charge on any atom is 0.234 e. The second kappa shape index (κ2) is 9.61. The van der Waals surface area contributed by atoms with Crippen molar-refractivity contribution in [1.29, 1.82) is 0 Å². The molecule has 6 heteroatoms. The Morgan fingerprint density at radius 3 is 2.61 bits per heavy atom. The van der Waals surface area contributed by atoms with Crippen molar-refractivity contribution in [2.45, 2.75) is 71.2 Å². The zero-order chi connectivity index (χ0) is 20.1. The first-order valence-electron chi connectivity index (χ1n) is 10.2. The molecule has 0 bridgehead atoms. The number of carbonyl (C=O) groups excluding carboxylic acids is 1. The highest BCUT2D eigenvalue weighted by atomic mass is 32.2. The van der Waals surface area contributed by atoms with Crippen LogP contribution in [0, 0.1) is 13.8 Å². The Labute approximate surface area is 172 Å². The van der Waals surface area contributed by atoms with Gasteiger partial charge in [-0.2, -0.15) is 0 Å². The number of hydrogen-bond acceptors (Lipinski definition) is 4. The monoisotopic (exact) mass is 401 g/mol. The number of nitrogens with one attached hydrogen (secondary N) is 1. The van der Waals surface area contributed by atoms with E-state index in [-0.39, 0.29) is 12.0 Å². The van der Waals surface area contributed by atoms with Crippen LogP contribution in [0.1, 0.15) is 49.2 Å². The third-order valence-electron chi connectivity index (χ3n) is 5.43. The Kier molecular flexibility index (Phi) is 7.18. The van der Waals surface area contributed by atoms with Crippen molar-refractivity contribution in [3.63, 3.8) is 0 Å². The number of amides is 1. The van der Waals surface area contributed by atoms with Gasteiger partial charge < -0.3 is 14.6 Å². The first-order valence-corrected chi connectivity index (χ1v) is 11.2. The lowest BCUT2D eigenvalue weighted by Crippen LogP contribution is -2.19. The van der Waals surface area contributed by atoms with Crippen LogP contribution in [-0.2, 0) is 28.9 Å². The van der Waals surface area contributed by atoms with Gasteiger partial charge in [-0.3, -0.25) is 4.79 Å². The van der Waals surface area contributed by atoms with E-state index in [1.165, 1.54) is 22.9 Å². The number of aryl methyl sites for hydroxylation is 3. The zero-order valence-corrected chi connectivity index (χ0v) is 18.2. The predicted octanol–water partition coefficient (Wildman–Crippen LogP) is 4.53. The predicted molar refractivity (Wildman–Crippen MR) is 115 cm³/mol. The van der Waals surface area contributed by atoms with Gasteiger partial charge in [-0.15, -0.1) is 0 Å². The molecule has 1 aliphatic heterocycles. The third-order valence-corrected chi connectivity index (χ3v) is 6.40. The van der Waals surface area contributed by atoms with Gasteiger partial charge in [-0.05, 0) is 50.7 Å². The van der Waals surface area contributed by atoms with Crippen LogP contribution in [0.4, 0.5) is 5.69 Å². The van der Waals surface area contributed by atoms with Crippen molar-refractivity contribution in [3.8, 4) is 0 Å². The van der Waals surface area contributed by atoms with Crippen LogP contribution >= 0.6 is 11.8 Å². The molecular formula is C22H31N3O2S. The van der Waals surface area contributed by atoms with E-state index in [2.05, 4.69) is 53.8 Å². The topological polar surface area (TPSA) is 56.2 Å². The number of carbonyl (C=O) groups is 1. The molecular weight excluding hydrogens is 370 g/mol. The van der Waals surface area contributed by atoms with Crippen molar-refractivity contribution in [3.05, 3.63) is 40.7 Å². The molecule has 0 spiro atoms. The second-order valence-electron chi connectivity index (χ2n) is 7.31. The van der Waals surface area contributed by atoms with Gasteiger partial charge in [0.2, 0.25) is 5.91 Å². The van der Waals surface area contributed by atoms with Crippen molar-refractivity contribution < 1.29 is 9.53 Å². The molecule has 1 unspecified atom stereocenters. The highest BCUT2D eigenvalue weighted by Gasteiger charge is 2.21. The fourth-order valence-corrected chi connectivity index (χ4v) is 4.55. The van der Waals surface area contributed by atoms with Gasteiger partial charge in [0.15, 0.2) is 5.16 Å². The lowest BCUT2D eigenvalue weighted by Gasteiger charge is -2.16. The number of ether oxygens (including phenoxy) is 1. The summed E-state index contributed by atoms with van der Waals surface area (Å²) < 4.78 is 8.00. The van der Waals surface area contributed by atoms with E-state index in [0.29, 0.717) is 5.75 Å². The molecule has 28 heavy (non-hydrogen) atoms. The lowest BCUT2D eigenvalue weighted by molar-refractivity contribution is -0.113. The molecule has 0 saturated carbocycles. The molecule has 1 aromatic carbocycles. The lowest BCUT2D eigenvalue weighted by atomic mass is 10.0. The van der Waals surface area contributed by atoms with Crippen molar-refractivity contribution in [2.24, 2.45) is 0 Å². The minimum atomic E-state index is 0.0163. The molecule has 1 N–H and O–H groups in total. The molecule has 1 atom stereocenters. The molecule has 5 nitrogen and oxygen atoms in total. The molecule has 0 radical (unpaired) electrons. The number of anilines is 1. The quantitative estimate of drug-likeness (QED) is 0.660. The summed E-state index contributed by atoms with van der Waals surface area (Å²) in [6, 6.07) is 6.24. The van der Waals surface area contributed by atoms with Crippen LogP contribution in [0.2, 0.25) is 0 Å². The van der Waals surface area contributed by atoms with E-state index in [9.17, 15) is 4.79 Å². The SMILES string of the molecule is CCc1cccc(CC)c1NC(=O)CSc1nc(C)c(C)n1CC1CCCO1. The number of thioether (sulfide) groups is 1. The Balaban J connectivity index is 1.68. The van der Waals surface area contributed by atoms with E-state index in [0.717, 1.165) is 61.1 Å². The number of aromatic nitrogens is 2. The van der Waals surface area contributed by atoms with Crippen LogP contribution in [-0.4, -0.2) is 33.9 Å². The summed E-state index contributed by atoms with van der Waals surface area (Å²) in [5.41, 5.74) is 5.52. The summed E-state index contributed by atoms with van der Waals surface area (Å²) in [5, 5.41) is 4.05. The van der Waals surface area contributed by atoms with Gasteiger partial charge in [0.1, 0.15) is 0 Å². The number of nitrogens with zero attached hydrogens (tertiary/aromatic N) is 2. The molecule has 0 aliphatic carbocycles. The summed E-state index contributed by atoms with van der Waals surface area (Å²) in [4.78, 5) is 17.4. The van der Waals surface area contributed by atoms with E-state index in [1.54, 1.807) is 0 Å². The number of benzene rings is 1. The first kappa shape index (κ1) is 20.9. The summed E-state index contributed by atoms with van der Waals surface area (Å²) in [6.45, 7) is 10.0. The summed E-state index contributed by atoms with van der Waals surface area (Å²) >= 11 is 1.50. The fourth-order valence-electron chi connectivity index (χ4n) is 3.65. The highest BCUT2D eigenvalue weighted by Crippen LogP contribution is 2.26.